The van der Waals surface area contributed by atoms with Crippen LogP contribution in [-0.4, -0.2) is 49.0 Å². The predicted octanol–water partition coefficient (Wildman–Crippen LogP) is -0.931. The number of carbonyl (C=O) groups excluding carboxylic acids is 1. The van der Waals surface area contributed by atoms with Gasteiger partial charge in [-0.05, 0) is 5.92 Å². The molecule has 0 unspecified atom stereocenters. The lowest BCUT2D eigenvalue weighted by Crippen LogP contribution is -2.48. The number of amides is 1. The van der Waals surface area contributed by atoms with Crippen LogP contribution in [0.25, 0.3) is 0 Å². The van der Waals surface area contributed by atoms with Crippen LogP contribution in [0.3, 0.4) is 0 Å². The van der Waals surface area contributed by atoms with Gasteiger partial charge in [-0.15, -0.1) is 0 Å². The lowest BCUT2D eigenvalue weighted by atomic mass is 10.0. The van der Waals surface area contributed by atoms with Gasteiger partial charge in [-0.1, -0.05) is 13.8 Å². The number of carbonyl (C=O) groups is 1. The number of nitrogens with zero attached hydrogens (tertiary/aromatic N) is 1. The Morgan fingerprint density at radius 3 is 1.61 bits per heavy atom. The number of nitrogens with two attached hydrogens (primary N) is 1. The normalized spacial score (nSPS) is 15.1. The molecule has 9 nitrogen and oxygen atoms in total. The molecule has 6 N–H and O–H groups in total. The van der Waals surface area contributed by atoms with Crippen LogP contribution in [0.1, 0.15) is 13.8 Å². The summed E-state index contributed by atoms with van der Waals surface area (Å²) in [6.45, 7) is 3.11. The van der Waals surface area contributed by atoms with E-state index in [2.05, 4.69) is 0 Å². The van der Waals surface area contributed by atoms with Gasteiger partial charge < -0.3 is 25.3 Å². The van der Waals surface area contributed by atoms with Gasteiger partial charge >= 0.3 is 15.2 Å². The SMILES string of the molecule is CC(C)[C@@H](C(N)=O)N(CP(=O)(O)O)CP(=O)(O)O. The second-order valence-corrected chi connectivity index (χ2v) is 7.52. The summed E-state index contributed by atoms with van der Waals surface area (Å²) in [4.78, 5) is 47.4. The van der Waals surface area contributed by atoms with Crippen molar-refractivity contribution in [2.45, 2.75) is 19.9 Å². The standard InChI is InChI=1S/C7H18N2O7P2/c1-5(2)6(7(8)10)9(3-17(11,12)13)4-18(14,15)16/h5-6H,3-4H2,1-2H3,(H2,8,10)(H2,11,12,13)(H2,14,15,16)/t6-/m0/s1. The van der Waals surface area contributed by atoms with Gasteiger partial charge in [0.15, 0.2) is 0 Å². The van der Waals surface area contributed by atoms with Crippen LogP contribution in [0.5, 0.6) is 0 Å². The van der Waals surface area contributed by atoms with Gasteiger partial charge in [-0.25, -0.2) is 0 Å². The quantitative estimate of drug-likeness (QED) is 0.377. The molecule has 0 saturated heterocycles. The van der Waals surface area contributed by atoms with Crippen LogP contribution in [0, 0.1) is 5.92 Å². The van der Waals surface area contributed by atoms with E-state index in [4.69, 9.17) is 25.3 Å². The van der Waals surface area contributed by atoms with Crippen molar-refractivity contribution in [3.63, 3.8) is 0 Å². The first kappa shape index (κ1) is 17.7. The zero-order chi connectivity index (χ0) is 14.7. The van der Waals surface area contributed by atoms with Crippen LogP contribution >= 0.6 is 15.2 Å². The molecule has 0 aromatic rings. The molecule has 1 atom stereocenters. The Morgan fingerprint density at radius 1 is 1.11 bits per heavy atom. The van der Waals surface area contributed by atoms with Crippen molar-refractivity contribution in [3.05, 3.63) is 0 Å². The monoisotopic (exact) mass is 304 g/mol. The molecule has 0 saturated carbocycles. The van der Waals surface area contributed by atoms with Gasteiger partial charge in [-0.3, -0.25) is 18.8 Å². The van der Waals surface area contributed by atoms with E-state index in [1.165, 1.54) is 0 Å². The van der Waals surface area contributed by atoms with Gasteiger partial charge in [0.25, 0.3) is 0 Å². The smallest absolute Gasteiger partial charge is 0.339 e. The predicted molar refractivity (Wildman–Crippen MR) is 63.5 cm³/mol. The van der Waals surface area contributed by atoms with Crippen molar-refractivity contribution in [1.29, 1.82) is 0 Å². The number of primary amides is 1. The van der Waals surface area contributed by atoms with E-state index in [-0.39, 0.29) is 0 Å². The summed E-state index contributed by atoms with van der Waals surface area (Å²) < 4.78 is 21.8. The molecular formula is C7H18N2O7P2. The Balaban J connectivity index is 5.23. The summed E-state index contributed by atoms with van der Waals surface area (Å²) in [6.07, 6.45) is -1.88. The Morgan fingerprint density at radius 2 is 1.44 bits per heavy atom. The van der Waals surface area contributed by atoms with Crippen molar-refractivity contribution in [2.75, 3.05) is 12.6 Å². The highest BCUT2D eigenvalue weighted by molar-refractivity contribution is 7.52. The Labute approximate surface area is 104 Å². The molecule has 1 amide bonds. The molecule has 0 bridgehead atoms. The summed E-state index contributed by atoms with van der Waals surface area (Å²) in [5, 5.41) is 0. The van der Waals surface area contributed by atoms with Crippen LogP contribution < -0.4 is 5.73 Å². The maximum Gasteiger partial charge on any atom is 0.339 e. The Bertz CT molecular complexity index is 363. The Hall–Kier alpha value is -0.270. The highest BCUT2D eigenvalue weighted by Crippen LogP contribution is 2.42. The van der Waals surface area contributed by atoms with Crippen molar-refractivity contribution < 1.29 is 33.5 Å². The molecule has 18 heavy (non-hydrogen) atoms. The largest absolute Gasteiger partial charge is 0.368 e. The fourth-order valence-electron chi connectivity index (χ4n) is 1.62. The molecule has 0 aliphatic carbocycles. The third kappa shape index (κ3) is 7.23. The topological polar surface area (TPSA) is 161 Å². The third-order valence-corrected chi connectivity index (χ3v) is 3.51. The summed E-state index contributed by atoms with van der Waals surface area (Å²) in [7, 11) is -9.13. The molecular weight excluding hydrogens is 286 g/mol. The zero-order valence-corrected chi connectivity index (χ0v) is 11.8. The van der Waals surface area contributed by atoms with E-state index < -0.39 is 45.6 Å². The maximum absolute atomic E-state index is 11.2. The van der Waals surface area contributed by atoms with Gasteiger partial charge in [0, 0.05) is 0 Å². The zero-order valence-electron chi connectivity index (χ0n) is 10.0. The van der Waals surface area contributed by atoms with Gasteiger partial charge in [0.1, 0.15) is 12.6 Å². The summed E-state index contributed by atoms with van der Waals surface area (Å²) in [5.41, 5.74) is 5.09. The summed E-state index contributed by atoms with van der Waals surface area (Å²) in [5.74, 6) is -1.34. The first-order valence-electron chi connectivity index (χ1n) is 4.96. The summed E-state index contributed by atoms with van der Waals surface area (Å²) in [6, 6.07) is -1.16. The van der Waals surface area contributed by atoms with E-state index >= 15 is 0 Å². The number of hydrogen-bond donors (Lipinski definition) is 5. The van der Waals surface area contributed by atoms with E-state index in [1.54, 1.807) is 13.8 Å². The average molecular weight is 304 g/mol. The minimum Gasteiger partial charge on any atom is -0.368 e. The van der Waals surface area contributed by atoms with E-state index in [0.29, 0.717) is 0 Å². The molecule has 0 aliphatic heterocycles. The second-order valence-electron chi connectivity index (χ2n) is 4.29. The van der Waals surface area contributed by atoms with Gasteiger partial charge in [0.2, 0.25) is 5.91 Å². The molecule has 0 radical (unpaired) electrons. The van der Waals surface area contributed by atoms with Crippen molar-refractivity contribution in [1.82, 2.24) is 4.90 Å². The molecule has 0 spiro atoms. The number of hydrogen-bond acceptors (Lipinski definition) is 4. The molecule has 11 heteroatoms. The molecule has 0 rings (SSSR count). The van der Waals surface area contributed by atoms with Gasteiger partial charge in [-0.2, -0.15) is 0 Å². The van der Waals surface area contributed by atoms with Crippen molar-refractivity contribution >= 4 is 21.1 Å². The first-order valence-corrected chi connectivity index (χ1v) is 8.55. The molecule has 108 valence electrons. The van der Waals surface area contributed by atoms with Crippen LogP contribution in [0.2, 0.25) is 0 Å². The summed E-state index contributed by atoms with van der Waals surface area (Å²) >= 11 is 0. The molecule has 0 aromatic heterocycles. The van der Waals surface area contributed by atoms with Crippen LogP contribution in [0.15, 0.2) is 0 Å². The molecule has 0 heterocycles. The lowest BCUT2D eigenvalue weighted by Gasteiger charge is -2.31. The van der Waals surface area contributed by atoms with E-state index in [1.807, 2.05) is 0 Å². The minimum atomic E-state index is -4.57. The number of rotatable bonds is 7. The molecule has 0 aliphatic rings. The molecule has 0 aromatic carbocycles. The van der Waals surface area contributed by atoms with Crippen LogP contribution in [0.4, 0.5) is 0 Å². The fourth-order valence-corrected chi connectivity index (χ4v) is 3.28. The maximum atomic E-state index is 11.2. The Kier molecular flexibility index (Phi) is 6.16. The molecule has 0 fully saturated rings. The highest BCUT2D eigenvalue weighted by atomic mass is 31.2. The van der Waals surface area contributed by atoms with Crippen molar-refractivity contribution in [2.24, 2.45) is 11.7 Å². The third-order valence-electron chi connectivity index (χ3n) is 2.05. The van der Waals surface area contributed by atoms with Gasteiger partial charge in [0.05, 0.1) is 6.04 Å². The highest BCUT2D eigenvalue weighted by Gasteiger charge is 2.35. The van der Waals surface area contributed by atoms with Crippen molar-refractivity contribution in [3.8, 4) is 0 Å². The minimum absolute atomic E-state index is 0.444. The van der Waals surface area contributed by atoms with E-state index in [9.17, 15) is 13.9 Å². The van der Waals surface area contributed by atoms with E-state index in [0.717, 1.165) is 4.90 Å². The lowest BCUT2D eigenvalue weighted by molar-refractivity contribution is -0.124. The van der Waals surface area contributed by atoms with Crippen LogP contribution in [-0.2, 0) is 13.9 Å². The first-order chi connectivity index (χ1) is 7.83. The average Bonchev–Trinajstić information content (AvgIpc) is 1.93. The second kappa shape index (κ2) is 6.25. The fraction of sp³-hybridized carbons (Fsp3) is 0.857.